The van der Waals surface area contributed by atoms with Gasteiger partial charge in [0.1, 0.15) is 6.04 Å². The molecule has 0 saturated heterocycles. The summed E-state index contributed by atoms with van der Waals surface area (Å²) < 4.78 is 7.00. The van der Waals surface area contributed by atoms with E-state index < -0.39 is 6.04 Å². The van der Waals surface area contributed by atoms with Crippen LogP contribution in [0.15, 0.2) is 71.8 Å². The van der Waals surface area contributed by atoms with Gasteiger partial charge in [-0.05, 0) is 82.2 Å². The molecule has 0 amide bonds. The summed E-state index contributed by atoms with van der Waals surface area (Å²) in [6.45, 7) is 5.88. The van der Waals surface area contributed by atoms with Gasteiger partial charge in [0.05, 0.1) is 13.2 Å². The summed E-state index contributed by atoms with van der Waals surface area (Å²) >= 11 is 6.62. The number of tetrazole rings is 1. The molecule has 10 heteroatoms. The van der Waals surface area contributed by atoms with Crippen molar-refractivity contribution < 1.29 is 4.74 Å². The molecule has 3 heterocycles. The van der Waals surface area contributed by atoms with Gasteiger partial charge in [0, 0.05) is 48.7 Å². The zero-order chi connectivity index (χ0) is 27.4. The smallest absolute Gasteiger partial charge is 0.253 e. The van der Waals surface area contributed by atoms with Gasteiger partial charge in [-0.15, -0.1) is 5.10 Å². The molecule has 0 aliphatic carbocycles. The van der Waals surface area contributed by atoms with E-state index in [2.05, 4.69) is 43.4 Å². The van der Waals surface area contributed by atoms with Crippen LogP contribution < -0.4 is 5.56 Å². The summed E-state index contributed by atoms with van der Waals surface area (Å²) in [5.74, 6) is 0.539. The van der Waals surface area contributed by atoms with Crippen LogP contribution in [0.3, 0.4) is 0 Å². The molecule has 0 aliphatic rings. The third kappa shape index (κ3) is 5.90. The van der Waals surface area contributed by atoms with E-state index in [9.17, 15) is 4.79 Å². The number of pyridine rings is 2. The molecule has 1 unspecified atom stereocenters. The third-order valence-electron chi connectivity index (χ3n) is 6.90. The molecular weight excluding hydrogens is 514 g/mol. The number of methoxy groups -OCH3 is 1. The normalized spacial score (nSPS) is 12.3. The second-order valence-corrected chi connectivity index (χ2v) is 10.00. The molecule has 0 saturated carbocycles. The highest BCUT2D eigenvalue weighted by atomic mass is 35.5. The van der Waals surface area contributed by atoms with Crippen molar-refractivity contribution in [2.24, 2.45) is 0 Å². The minimum Gasteiger partial charge on any atom is -0.383 e. The van der Waals surface area contributed by atoms with Crippen LogP contribution in [-0.2, 0) is 24.4 Å². The number of hydrogen-bond donors (Lipinski definition) is 1. The Morgan fingerprint density at radius 3 is 2.67 bits per heavy atom. The largest absolute Gasteiger partial charge is 0.383 e. The Labute approximate surface area is 231 Å². The average Bonchev–Trinajstić information content (AvgIpc) is 3.39. The van der Waals surface area contributed by atoms with E-state index in [1.165, 1.54) is 0 Å². The van der Waals surface area contributed by atoms with Crippen molar-refractivity contribution in [2.75, 3.05) is 13.7 Å². The Kier molecular flexibility index (Phi) is 8.11. The van der Waals surface area contributed by atoms with Gasteiger partial charge in [0.15, 0.2) is 5.82 Å². The van der Waals surface area contributed by atoms with Gasteiger partial charge < -0.3 is 9.72 Å². The number of fused-ring (bicyclic) bond motifs is 1. The van der Waals surface area contributed by atoms with Gasteiger partial charge in [0.2, 0.25) is 0 Å². The molecule has 0 aliphatic heterocycles. The van der Waals surface area contributed by atoms with Gasteiger partial charge in [-0.25, -0.2) is 4.68 Å². The number of aromatic amines is 1. The molecule has 0 radical (unpaired) electrons. The summed E-state index contributed by atoms with van der Waals surface area (Å²) in [7, 11) is 1.63. The van der Waals surface area contributed by atoms with E-state index in [4.69, 9.17) is 16.3 Å². The van der Waals surface area contributed by atoms with Gasteiger partial charge in [-0.1, -0.05) is 35.9 Å². The maximum absolute atomic E-state index is 13.7. The highest BCUT2D eigenvalue weighted by molar-refractivity contribution is 6.31. The minimum atomic E-state index is -0.594. The summed E-state index contributed by atoms with van der Waals surface area (Å²) in [5.41, 5.74) is 5.28. The van der Waals surface area contributed by atoms with Crippen LogP contribution in [-0.4, -0.2) is 48.8 Å². The van der Waals surface area contributed by atoms with E-state index in [0.717, 1.165) is 33.2 Å². The Morgan fingerprint density at radius 2 is 1.90 bits per heavy atom. The first-order chi connectivity index (χ1) is 18.9. The quantitative estimate of drug-likeness (QED) is 0.274. The van der Waals surface area contributed by atoms with Crippen LogP contribution in [0.25, 0.3) is 10.9 Å². The Morgan fingerprint density at radius 1 is 1.08 bits per heavy atom. The molecule has 5 rings (SSSR count). The molecule has 5 aromatic rings. The van der Waals surface area contributed by atoms with Gasteiger partial charge in [-0.3, -0.25) is 14.7 Å². The molecule has 2 aromatic carbocycles. The molecule has 1 atom stereocenters. The van der Waals surface area contributed by atoms with Crippen molar-refractivity contribution in [3.63, 3.8) is 0 Å². The van der Waals surface area contributed by atoms with Crippen LogP contribution >= 0.6 is 11.6 Å². The number of nitrogens with one attached hydrogen (secondary N) is 1. The summed E-state index contributed by atoms with van der Waals surface area (Å²) in [4.78, 5) is 23.3. The minimum absolute atomic E-state index is 0.201. The SMILES string of the molecule is COCCn1nnnc1C(c1cc2cc(C)c(C)cc2[nH]c1=O)N(Cc1cccnc1)Cc1ccccc1Cl. The fourth-order valence-corrected chi connectivity index (χ4v) is 4.95. The lowest BCUT2D eigenvalue weighted by molar-refractivity contribution is 0.169. The summed E-state index contributed by atoms with van der Waals surface area (Å²) in [6.07, 6.45) is 3.56. The second kappa shape index (κ2) is 11.9. The van der Waals surface area contributed by atoms with E-state index in [1.54, 1.807) is 18.0 Å². The predicted molar refractivity (Wildman–Crippen MR) is 151 cm³/mol. The maximum atomic E-state index is 13.7. The number of benzene rings is 2. The van der Waals surface area contributed by atoms with Crippen molar-refractivity contribution in [1.29, 1.82) is 0 Å². The second-order valence-electron chi connectivity index (χ2n) is 9.59. The fraction of sp³-hybridized carbons (Fsp3) is 0.276. The van der Waals surface area contributed by atoms with Crippen molar-refractivity contribution in [1.82, 2.24) is 35.1 Å². The first-order valence-electron chi connectivity index (χ1n) is 12.7. The highest BCUT2D eigenvalue weighted by Gasteiger charge is 2.31. The lowest BCUT2D eigenvalue weighted by atomic mass is 9.99. The summed E-state index contributed by atoms with van der Waals surface area (Å²) in [5, 5.41) is 14.2. The van der Waals surface area contributed by atoms with Gasteiger partial charge in [0.25, 0.3) is 5.56 Å². The van der Waals surface area contributed by atoms with Gasteiger partial charge >= 0.3 is 0 Å². The molecule has 0 bridgehead atoms. The van der Waals surface area contributed by atoms with E-state index in [0.29, 0.717) is 42.7 Å². The summed E-state index contributed by atoms with van der Waals surface area (Å²) in [6, 6.07) is 17.1. The van der Waals surface area contributed by atoms with Crippen LogP contribution in [0, 0.1) is 13.8 Å². The van der Waals surface area contributed by atoms with Gasteiger partial charge in [-0.2, -0.15) is 0 Å². The molecule has 3 aromatic heterocycles. The molecule has 1 N–H and O–H groups in total. The highest BCUT2D eigenvalue weighted by Crippen LogP contribution is 2.31. The lowest BCUT2D eigenvalue weighted by Gasteiger charge is -2.31. The van der Waals surface area contributed by atoms with E-state index in [-0.39, 0.29) is 5.56 Å². The number of H-pyrrole nitrogens is 1. The van der Waals surface area contributed by atoms with Crippen molar-refractivity contribution in [3.05, 3.63) is 116 Å². The topological polar surface area (TPSA) is 102 Å². The average molecular weight is 544 g/mol. The number of ether oxygens (including phenoxy) is 1. The molecular formula is C29H30ClN7O2. The number of nitrogens with zero attached hydrogens (tertiary/aromatic N) is 6. The van der Waals surface area contributed by atoms with E-state index in [1.807, 2.05) is 61.7 Å². The number of aromatic nitrogens is 6. The first kappa shape index (κ1) is 26.7. The van der Waals surface area contributed by atoms with Crippen LogP contribution in [0.5, 0.6) is 0 Å². The molecule has 9 nitrogen and oxygen atoms in total. The zero-order valence-corrected chi connectivity index (χ0v) is 22.9. The first-order valence-corrected chi connectivity index (χ1v) is 13.1. The molecule has 200 valence electrons. The Hall–Kier alpha value is -3.92. The lowest BCUT2D eigenvalue weighted by Crippen LogP contribution is -2.35. The monoisotopic (exact) mass is 543 g/mol. The van der Waals surface area contributed by atoms with Crippen molar-refractivity contribution >= 4 is 22.5 Å². The zero-order valence-electron chi connectivity index (χ0n) is 22.1. The molecule has 0 spiro atoms. The van der Waals surface area contributed by atoms with Crippen LogP contribution in [0.2, 0.25) is 5.02 Å². The van der Waals surface area contributed by atoms with Crippen LogP contribution in [0.1, 0.15) is 39.7 Å². The Balaban J connectivity index is 1.71. The van der Waals surface area contributed by atoms with Crippen molar-refractivity contribution in [3.8, 4) is 0 Å². The Bertz CT molecular complexity index is 1630. The van der Waals surface area contributed by atoms with E-state index >= 15 is 0 Å². The third-order valence-corrected chi connectivity index (χ3v) is 7.27. The maximum Gasteiger partial charge on any atom is 0.253 e. The standard InChI is InChI=1S/C29H30ClN7O2/c1-19-13-23-15-24(29(38)32-26(23)14-20(19)2)27(28-33-34-35-37(28)11-12-39-3)36(17-21-7-6-10-31-16-21)18-22-8-4-5-9-25(22)30/h4-10,13-16,27H,11-12,17-18H2,1-3H3,(H,32,38). The number of rotatable bonds is 10. The number of aryl methyl sites for hydroxylation is 2. The van der Waals surface area contributed by atoms with Crippen molar-refractivity contribution in [2.45, 2.75) is 39.5 Å². The molecule has 39 heavy (non-hydrogen) atoms. The number of hydrogen-bond acceptors (Lipinski definition) is 7. The number of halogens is 1. The van der Waals surface area contributed by atoms with Crippen LogP contribution in [0.4, 0.5) is 0 Å². The predicted octanol–water partition coefficient (Wildman–Crippen LogP) is 4.62. The fourth-order valence-electron chi connectivity index (χ4n) is 4.75. The molecule has 0 fully saturated rings.